The van der Waals surface area contributed by atoms with E-state index in [-0.39, 0.29) is 5.82 Å². The number of nitrogens with zero attached hydrogens (tertiary/aromatic N) is 2. The highest BCUT2D eigenvalue weighted by Gasteiger charge is 2.21. The topological polar surface area (TPSA) is 55.3 Å². The average Bonchev–Trinajstić information content (AvgIpc) is 2.66. The molecule has 0 unspecified atom stereocenters. The van der Waals surface area contributed by atoms with Crippen molar-refractivity contribution in [3.63, 3.8) is 0 Å². The lowest BCUT2D eigenvalue weighted by atomic mass is 10.1. The van der Waals surface area contributed by atoms with Gasteiger partial charge in [0, 0.05) is 46.5 Å². The summed E-state index contributed by atoms with van der Waals surface area (Å²) in [6.45, 7) is 4.38. The smallest absolute Gasteiger partial charge is 0.193 e. The number of hydrogen-bond acceptors (Lipinski definition) is 4. The van der Waals surface area contributed by atoms with Gasteiger partial charge in [0.2, 0.25) is 0 Å². The molecule has 0 bridgehead atoms. The number of aliphatic imine (C=N–C) groups is 1. The highest BCUT2D eigenvalue weighted by atomic mass is 19.1. The monoisotopic (exact) mass is 367 g/mol. The van der Waals surface area contributed by atoms with Crippen LogP contribution in [0.4, 0.5) is 4.39 Å². The van der Waals surface area contributed by atoms with Crippen LogP contribution in [0.2, 0.25) is 0 Å². The maximum absolute atomic E-state index is 13.1. The molecule has 0 spiro atoms. The van der Waals surface area contributed by atoms with E-state index in [0.717, 1.165) is 51.5 Å². The molecule has 7 heteroatoms. The summed E-state index contributed by atoms with van der Waals surface area (Å²) in [4.78, 5) is 6.57. The number of likely N-dealkylation sites (tertiary alicyclic amines) is 1. The second kappa shape index (κ2) is 11.7. The van der Waals surface area contributed by atoms with Gasteiger partial charge >= 0.3 is 0 Å². The first-order chi connectivity index (χ1) is 12.7. The van der Waals surface area contributed by atoms with Crippen LogP contribution in [-0.4, -0.2) is 70.6 Å². The van der Waals surface area contributed by atoms with Crippen molar-refractivity contribution in [1.82, 2.24) is 10.2 Å². The molecule has 1 aliphatic rings. The lowest BCUT2D eigenvalue weighted by Crippen LogP contribution is -2.47. The average molecular weight is 367 g/mol. The molecule has 1 aromatic carbocycles. The first-order valence-electron chi connectivity index (χ1n) is 9.17. The highest BCUT2D eigenvalue weighted by molar-refractivity contribution is 5.79. The molecule has 1 N–H and O–H groups in total. The van der Waals surface area contributed by atoms with Crippen molar-refractivity contribution in [3.05, 3.63) is 30.1 Å². The molecule has 1 aliphatic heterocycles. The Morgan fingerprint density at radius 2 is 2.08 bits per heavy atom. The van der Waals surface area contributed by atoms with E-state index in [2.05, 4.69) is 15.2 Å². The van der Waals surface area contributed by atoms with E-state index < -0.39 is 0 Å². The summed E-state index contributed by atoms with van der Waals surface area (Å²) < 4.78 is 29.6. The van der Waals surface area contributed by atoms with E-state index >= 15 is 0 Å². The van der Waals surface area contributed by atoms with E-state index in [1.807, 2.05) is 0 Å². The number of nitrogens with one attached hydrogen (secondary N) is 1. The van der Waals surface area contributed by atoms with Crippen LogP contribution in [0.15, 0.2) is 29.3 Å². The Balaban J connectivity index is 1.63. The van der Waals surface area contributed by atoms with Gasteiger partial charge in [0.15, 0.2) is 5.96 Å². The molecule has 1 aromatic rings. The van der Waals surface area contributed by atoms with E-state index in [9.17, 15) is 4.39 Å². The molecule has 1 saturated heterocycles. The molecule has 1 fully saturated rings. The van der Waals surface area contributed by atoms with Gasteiger partial charge in [0.25, 0.3) is 0 Å². The highest BCUT2D eigenvalue weighted by Crippen LogP contribution is 2.14. The van der Waals surface area contributed by atoms with Crippen LogP contribution in [0.3, 0.4) is 0 Å². The summed E-state index contributed by atoms with van der Waals surface area (Å²) in [6, 6.07) is 6.16. The second-order valence-electron chi connectivity index (χ2n) is 6.18. The van der Waals surface area contributed by atoms with Gasteiger partial charge in [0.1, 0.15) is 18.2 Å². The quantitative estimate of drug-likeness (QED) is 0.412. The maximum Gasteiger partial charge on any atom is 0.193 e. The molecule has 0 aliphatic carbocycles. The van der Waals surface area contributed by atoms with Crippen molar-refractivity contribution < 1.29 is 18.6 Å². The number of rotatable bonds is 9. The van der Waals surface area contributed by atoms with Crippen molar-refractivity contribution in [2.75, 3.05) is 53.6 Å². The lowest BCUT2D eigenvalue weighted by molar-refractivity contribution is 0.00989. The van der Waals surface area contributed by atoms with Crippen LogP contribution < -0.4 is 10.1 Å². The van der Waals surface area contributed by atoms with E-state index in [4.69, 9.17) is 14.2 Å². The fourth-order valence-corrected chi connectivity index (χ4v) is 2.91. The van der Waals surface area contributed by atoms with E-state index in [1.54, 1.807) is 26.3 Å². The molecule has 146 valence electrons. The standard InChI is InChI=1S/C19H30FN3O3/c1-21-19(22-9-14-26-18-6-3-5-16(20)15-18)23-10-7-17(8-11-23)25-13-4-12-24-2/h3,5-6,15,17H,4,7-14H2,1-2H3,(H,21,22). The molecule has 0 atom stereocenters. The lowest BCUT2D eigenvalue weighted by Gasteiger charge is -2.34. The SMILES string of the molecule is CN=C(NCCOc1cccc(F)c1)N1CCC(OCCCOC)CC1. The van der Waals surface area contributed by atoms with Crippen molar-refractivity contribution in [2.24, 2.45) is 4.99 Å². The summed E-state index contributed by atoms with van der Waals surface area (Å²) in [5.41, 5.74) is 0. The van der Waals surface area contributed by atoms with Gasteiger partial charge in [-0.05, 0) is 31.4 Å². The van der Waals surface area contributed by atoms with Crippen LogP contribution in [0.1, 0.15) is 19.3 Å². The number of benzene rings is 1. The molecule has 0 amide bonds. The number of ether oxygens (including phenoxy) is 3. The normalized spacial score (nSPS) is 16.0. The largest absolute Gasteiger partial charge is 0.492 e. The number of guanidine groups is 1. The number of halogens is 1. The zero-order valence-electron chi connectivity index (χ0n) is 15.7. The molecule has 26 heavy (non-hydrogen) atoms. The number of piperidine rings is 1. The van der Waals surface area contributed by atoms with Gasteiger partial charge in [-0.25, -0.2) is 4.39 Å². The number of methoxy groups -OCH3 is 1. The Bertz CT molecular complexity index is 549. The van der Waals surface area contributed by atoms with E-state index in [0.29, 0.717) is 25.0 Å². The summed E-state index contributed by atoms with van der Waals surface area (Å²) in [7, 11) is 3.49. The maximum atomic E-state index is 13.1. The second-order valence-corrected chi connectivity index (χ2v) is 6.18. The van der Waals surface area contributed by atoms with Crippen LogP contribution in [0.5, 0.6) is 5.75 Å². The Labute approximate surface area is 155 Å². The van der Waals surface area contributed by atoms with Gasteiger partial charge in [-0.15, -0.1) is 0 Å². The molecule has 0 aromatic heterocycles. The molecule has 2 rings (SSSR count). The molecule has 0 radical (unpaired) electrons. The minimum atomic E-state index is -0.293. The first-order valence-corrected chi connectivity index (χ1v) is 9.17. The van der Waals surface area contributed by atoms with Gasteiger partial charge in [0.05, 0.1) is 12.6 Å². The molecule has 0 saturated carbocycles. The van der Waals surface area contributed by atoms with Gasteiger partial charge in [-0.2, -0.15) is 0 Å². The molecular weight excluding hydrogens is 337 g/mol. The van der Waals surface area contributed by atoms with Crippen molar-refractivity contribution >= 4 is 5.96 Å². The predicted molar refractivity (Wildman–Crippen MR) is 100 cm³/mol. The number of hydrogen-bond donors (Lipinski definition) is 1. The van der Waals surface area contributed by atoms with Gasteiger partial charge in [-0.3, -0.25) is 4.99 Å². The Kier molecular flexibility index (Phi) is 9.20. The van der Waals surface area contributed by atoms with Crippen LogP contribution in [0, 0.1) is 5.82 Å². The van der Waals surface area contributed by atoms with E-state index in [1.165, 1.54) is 12.1 Å². The fraction of sp³-hybridized carbons (Fsp3) is 0.632. The molecule has 6 nitrogen and oxygen atoms in total. The minimum absolute atomic E-state index is 0.293. The Morgan fingerprint density at radius 3 is 2.77 bits per heavy atom. The van der Waals surface area contributed by atoms with Crippen molar-refractivity contribution in [2.45, 2.75) is 25.4 Å². The molecular formula is C19H30FN3O3. The molecule has 1 heterocycles. The summed E-state index contributed by atoms with van der Waals surface area (Å²) in [5.74, 6) is 1.11. The third-order valence-electron chi connectivity index (χ3n) is 4.25. The third kappa shape index (κ3) is 7.17. The minimum Gasteiger partial charge on any atom is -0.492 e. The van der Waals surface area contributed by atoms with Crippen LogP contribution in [0.25, 0.3) is 0 Å². The first kappa shape index (κ1) is 20.5. The third-order valence-corrected chi connectivity index (χ3v) is 4.25. The van der Waals surface area contributed by atoms with Crippen molar-refractivity contribution in [1.29, 1.82) is 0 Å². The summed E-state index contributed by atoms with van der Waals surface area (Å²) in [6.07, 6.45) is 3.24. The van der Waals surface area contributed by atoms with Crippen LogP contribution >= 0.6 is 0 Å². The predicted octanol–water partition coefficient (Wildman–Crippen LogP) is 2.30. The Morgan fingerprint density at radius 1 is 1.27 bits per heavy atom. The Hall–Kier alpha value is -1.86. The van der Waals surface area contributed by atoms with Gasteiger partial charge < -0.3 is 24.4 Å². The zero-order chi connectivity index (χ0) is 18.6. The summed E-state index contributed by atoms with van der Waals surface area (Å²) in [5, 5.41) is 3.30. The fourth-order valence-electron chi connectivity index (χ4n) is 2.91. The summed E-state index contributed by atoms with van der Waals surface area (Å²) >= 11 is 0. The zero-order valence-corrected chi connectivity index (χ0v) is 15.7. The van der Waals surface area contributed by atoms with Crippen molar-refractivity contribution in [3.8, 4) is 5.75 Å². The van der Waals surface area contributed by atoms with Gasteiger partial charge in [-0.1, -0.05) is 6.07 Å². The van der Waals surface area contributed by atoms with Crippen LogP contribution in [-0.2, 0) is 9.47 Å².